The fraction of sp³-hybridized carbons (Fsp3) is 0.375. The van der Waals surface area contributed by atoms with Crippen LogP contribution in [-0.4, -0.2) is 23.0 Å². The number of rotatable bonds is 4. The van der Waals surface area contributed by atoms with Gasteiger partial charge in [0.15, 0.2) is 0 Å². The van der Waals surface area contributed by atoms with Gasteiger partial charge in [-0.3, -0.25) is 4.79 Å². The molecule has 2 N–H and O–H groups in total. The van der Waals surface area contributed by atoms with Gasteiger partial charge >= 0.3 is 0 Å². The van der Waals surface area contributed by atoms with Gasteiger partial charge in [-0.15, -0.1) is 11.3 Å². The molecule has 2 aromatic rings. The Bertz CT molecular complexity index is 601. The Kier molecular flexibility index (Phi) is 4.03. The molecule has 1 saturated heterocycles. The van der Waals surface area contributed by atoms with Crippen LogP contribution >= 0.6 is 11.3 Å². The predicted octanol–water partition coefficient (Wildman–Crippen LogP) is 3.28. The molecule has 5 heteroatoms. The molecule has 21 heavy (non-hydrogen) atoms. The lowest BCUT2D eigenvalue weighted by molar-refractivity contribution is -0.122. The Balaban J connectivity index is 1.72. The molecule has 1 unspecified atom stereocenters. The monoisotopic (exact) mass is 301 g/mol. The van der Waals surface area contributed by atoms with E-state index in [0.29, 0.717) is 0 Å². The zero-order chi connectivity index (χ0) is 14.7. The van der Waals surface area contributed by atoms with E-state index < -0.39 is 5.54 Å². The van der Waals surface area contributed by atoms with Gasteiger partial charge < -0.3 is 10.6 Å². The van der Waals surface area contributed by atoms with Gasteiger partial charge in [-0.2, -0.15) is 0 Å². The minimum Gasteiger partial charge on any atom is -0.324 e. The molecule has 1 aromatic carbocycles. The molecule has 1 aromatic heterocycles. The van der Waals surface area contributed by atoms with Crippen LogP contribution in [0.1, 0.15) is 26.2 Å². The van der Waals surface area contributed by atoms with Crippen molar-refractivity contribution in [1.82, 2.24) is 10.3 Å². The molecule has 0 radical (unpaired) electrons. The van der Waals surface area contributed by atoms with E-state index in [-0.39, 0.29) is 5.91 Å². The summed E-state index contributed by atoms with van der Waals surface area (Å²) >= 11 is 1.61. The molecule has 1 atom stereocenters. The van der Waals surface area contributed by atoms with Crippen molar-refractivity contribution in [3.8, 4) is 10.6 Å². The van der Waals surface area contributed by atoms with E-state index in [0.717, 1.165) is 42.1 Å². The Morgan fingerprint density at radius 2 is 2.24 bits per heavy atom. The number of carbonyl (C=O) groups is 1. The van der Waals surface area contributed by atoms with Crippen molar-refractivity contribution in [1.29, 1.82) is 0 Å². The first-order valence-electron chi connectivity index (χ1n) is 7.30. The summed E-state index contributed by atoms with van der Waals surface area (Å²) in [5, 5.41) is 9.34. The van der Waals surface area contributed by atoms with E-state index in [4.69, 9.17) is 0 Å². The highest BCUT2D eigenvalue weighted by molar-refractivity contribution is 7.13. The maximum Gasteiger partial charge on any atom is 0.244 e. The van der Waals surface area contributed by atoms with Crippen LogP contribution in [0.2, 0.25) is 0 Å². The topological polar surface area (TPSA) is 54.0 Å². The molecule has 110 valence electrons. The molecule has 0 spiro atoms. The van der Waals surface area contributed by atoms with Crippen molar-refractivity contribution in [2.45, 2.75) is 31.7 Å². The van der Waals surface area contributed by atoms with Crippen LogP contribution in [0.5, 0.6) is 0 Å². The minimum atomic E-state index is -0.395. The van der Waals surface area contributed by atoms with Gasteiger partial charge in [-0.05, 0) is 50.1 Å². The van der Waals surface area contributed by atoms with E-state index in [9.17, 15) is 4.79 Å². The standard InChI is InChI=1S/C16H19N3OS/c1-2-16(8-3-9-18-16)15(20)19-13-6-4-12(5-7-13)14-17-10-11-21-14/h4-7,10-11,18H,2-3,8-9H2,1H3,(H,19,20). The molecule has 0 bridgehead atoms. The van der Waals surface area contributed by atoms with Gasteiger partial charge in [0.1, 0.15) is 5.01 Å². The molecular weight excluding hydrogens is 282 g/mol. The van der Waals surface area contributed by atoms with E-state index in [1.54, 1.807) is 17.5 Å². The molecule has 4 nitrogen and oxygen atoms in total. The van der Waals surface area contributed by atoms with E-state index in [2.05, 4.69) is 22.5 Å². The number of carbonyl (C=O) groups excluding carboxylic acids is 1. The number of aromatic nitrogens is 1. The Morgan fingerprint density at radius 1 is 1.43 bits per heavy atom. The second-order valence-corrected chi connectivity index (χ2v) is 6.23. The first-order valence-corrected chi connectivity index (χ1v) is 8.18. The molecular formula is C16H19N3OS. The van der Waals surface area contributed by atoms with Crippen LogP contribution < -0.4 is 10.6 Å². The van der Waals surface area contributed by atoms with Crippen molar-refractivity contribution in [2.75, 3.05) is 11.9 Å². The van der Waals surface area contributed by atoms with Gasteiger partial charge in [0.05, 0.1) is 5.54 Å². The highest BCUT2D eigenvalue weighted by atomic mass is 32.1. The number of amides is 1. The maximum absolute atomic E-state index is 12.5. The second kappa shape index (κ2) is 5.95. The number of thiazole rings is 1. The van der Waals surface area contributed by atoms with Crippen molar-refractivity contribution < 1.29 is 4.79 Å². The molecule has 1 fully saturated rings. The fourth-order valence-electron chi connectivity index (χ4n) is 2.78. The van der Waals surface area contributed by atoms with Gasteiger partial charge in [0, 0.05) is 22.8 Å². The number of hydrogen-bond acceptors (Lipinski definition) is 4. The summed E-state index contributed by atoms with van der Waals surface area (Å²) in [5.74, 6) is 0.0736. The molecule has 0 aliphatic carbocycles. The fourth-order valence-corrected chi connectivity index (χ4v) is 3.42. The Labute approximate surface area is 128 Å². The summed E-state index contributed by atoms with van der Waals surface area (Å²) in [6.45, 7) is 2.98. The van der Waals surface area contributed by atoms with Crippen LogP contribution in [-0.2, 0) is 4.79 Å². The third kappa shape index (κ3) is 2.84. The van der Waals surface area contributed by atoms with Gasteiger partial charge in [-0.1, -0.05) is 6.92 Å². The SMILES string of the molecule is CCC1(C(=O)Nc2ccc(-c3nccs3)cc2)CCCN1. The lowest BCUT2D eigenvalue weighted by atomic mass is 9.93. The highest BCUT2D eigenvalue weighted by Crippen LogP contribution is 2.26. The lowest BCUT2D eigenvalue weighted by Gasteiger charge is -2.26. The summed E-state index contributed by atoms with van der Waals surface area (Å²) in [6, 6.07) is 7.87. The van der Waals surface area contributed by atoms with Crippen LogP contribution in [0.25, 0.3) is 10.6 Å². The lowest BCUT2D eigenvalue weighted by Crippen LogP contribution is -2.50. The molecule has 1 amide bonds. The second-order valence-electron chi connectivity index (χ2n) is 5.33. The molecule has 3 rings (SSSR count). The average molecular weight is 301 g/mol. The van der Waals surface area contributed by atoms with Gasteiger partial charge in [0.25, 0.3) is 0 Å². The minimum absolute atomic E-state index is 0.0736. The van der Waals surface area contributed by atoms with E-state index in [1.165, 1.54) is 0 Å². The van der Waals surface area contributed by atoms with Crippen LogP contribution in [0.4, 0.5) is 5.69 Å². The quantitative estimate of drug-likeness (QED) is 0.911. The number of nitrogens with one attached hydrogen (secondary N) is 2. The normalized spacial score (nSPS) is 21.4. The third-order valence-electron chi connectivity index (χ3n) is 4.10. The number of hydrogen-bond donors (Lipinski definition) is 2. The van der Waals surface area contributed by atoms with Crippen LogP contribution in [0, 0.1) is 0 Å². The summed E-state index contributed by atoms with van der Waals surface area (Å²) in [4.78, 5) is 16.8. The molecule has 0 saturated carbocycles. The van der Waals surface area contributed by atoms with Crippen molar-refractivity contribution in [2.24, 2.45) is 0 Å². The van der Waals surface area contributed by atoms with Gasteiger partial charge in [-0.25, -0.2) is 4.98 Å². The first kappa shape index (κ1) is 14.2. The van der Waals surface area contributed by atoms with Crippen LogP contribution in [0.3, 0.4) is 0 Å². The van der Waals surface area contributed by atoms with Crippen molar-refractivity contribution in [3.05, 3.63) is 35.8 Å². The van der Waals surface area contributed by atoms with Crippen molar-refractivity contribution >= 4 is 22.9 Å². The molecule has 2 heterocycles. The largest absolute Gasteiger partial charge is 0.324 e. The average Bonchev–Trinajstić information content (AvgIpc) is 3.20. The zero-order valence-corrected chi connectivity index (χ0v) is 12.9. The highest BCUT2D eigenvalue weighted by Gasteiger charge is 2.38. The van der Waals surface area contributed by atoms with E-state index in [1.807, 2.05) is 29.6 Å². The summed E-state index contributed by atoms with van der Waals surface area (Å²) in [5.41, 5.74) is 1.52. The Hall–Kier alpha value is -1.72. The zero-order valence-electron chi connectivity index (χ0n) is 12.1. The maximum atomic E-state index is 12.5. The van der Waals surface area contributed by atoms with E-state index >= 15 is 0 Å². The predicted molar refractivity (Wildman–Crippen MR) is 86.4 cm³/mol. The number of benzene rings is 1. The third-order valence-corrected chi connectivity index (χ3v) is 4.93. The van der Waals surface area contributed by atoms with Crippen molar-refractivity contribution in [3.63, 3.8) is 0 Å². The van der Waals surface area contributed by atoms with Gasteiger partial charge in [0.2, 0.25) is 5.91 Å². The summed E-state index contributed by atoms with van der Waals surface area (Å²) < 4.78 is 0. The smallest absolute Gasteiger partial charge is 0.244 e. The molecule has 1 aliphatic heterocycles. The number of anilines is 1. The summed E-state index contributed by atoms with van der Waals surface area (Å²) in [6.07, 6.45) is 4.58. The Morgan fingerprint density at radius 3 is 2.81 bits per heavy atom. The first-order chi connectivity index (χ1) is 10.2. The molecule has 1 aliphatic rings. The summed E-state index contributed by atoms with van der Waals surface area (Å²) in [7, 11) is 0. The number of nitrogens with zero attached hydrogens (tertiary/aromatic N) is 1. The van der Waals surface area contributed by atoms with Crippen LogP contribution in [0.15, 0.2) is 35.8 Å².